The van der Waals surface area contributed by atoms with Gasteiger partial charge >= 0.3 is 0 Å². The van der Waals surface area contributed by atoms with Crippen molar-refractivity contribution in [3.63, 3.8) is 0 Å². The second-order valence-electron chi connectivity index (χ2n) is 4.52. The maximum absolute atomic E-state index is 11.7. The highest BCUT2D eigenvalue weighted by molar-refractivity contribution is 7.90. The zero-order chi connectivity index (χ0) is 11.3. The molecule has 1 aromatic rings. The van der Waals surface area contributed by atoms with Crippen molar-refractivity contribution < 1.29 is 8.42 Å². The third-order valence-corrected chi connectivity index (χ3v) is 3.50. The lowest BCUT2D eigenvalue weighted by atomic mass is 9.88. The van der Waals surface area contributed by atoms with Crippen LogP contribution in [0.2, 0.25) is 0 Å². The summed E-state index contributed by atoms with van der Waals surface area (Å²) >= 11 is 0. The van der Waals surface area contributed by atoms with Crippen LogP contribution in [0.15, 0.2) is 27.6 Å². The zero-order valence-corrected chi connectivity index (χ0v) is 9.67. The van der Waals surface area contributed by atoms with Crippen LogP contribution in [0.25, 0.3) is 0 Å². The normalized spacial score (nSPS) is 18.5. The lowest BCUT2D eigenvalue weighted by molar-refractivity contribution is 0.588. The molecule has 0 radical (unpaired) electrons. The summed E-state index contributed by atoms with van der Waals surface area (Å²) in [5.41, 5.74) is 0.718. The number of nitrogens with zero attached hydrogens (tertiary/aromatic N) is 2. The summed E-state index contributed by atoms with van der Waals surface area (Å²) in [6.07, 6.45) is 1.58. The van der Waals surface area contributed by atoms with E-state index in [-0.39, 0.29) is 10.3 Å². The van der Waals surface area contributed by atoms with Gasteiger partial charge in [0.25, 0.3) is 10.0 Å². The first-order chi connectivity index (χ1) is 6.82. The SMILES string of the molecule is CC(C)(C)C1=NS(=O)(=O)c2cccnc21. The van der Waals surface area contributed by atoms with Crippen molar-refractivity contribution in [2.75, 3.05) is 0 Å². The van der Waals surface area contributed by atoms with Crippen LogP contribution in [0.4, 0.5) is 0 Å². The molecule has 1 aliphatic heterocycles. The second kappa shape index (κ2) is 2.88. The van der Waals surface area contributed by atoms with Gasteiger partial charge in [-0.25, -0.2) is 0 Å². The largest absolute Gasteiger partial charge is 0.284 e. The Kier molecular flexibility index (Phi) is 1.98. The minimum atomic E-state index is -3.51. The van der Waals surface area contributed by atoms with Gasteiger partial charge in [-0.15, -0.1) is 0 Å². The van der Waals surface area contributed by atoms with E-state index in [0.29, 0.717) is 11.4 Å². The fraction of sp³-hybridized carbons (Fsp3) is 0.400. The summed E-state index contributed by atoms with van der Waals surface area (Å²) in [4.78, 5) is 4.31. The van der Waals surface area contributed by atoms with Gasteiger partial charge in [-0.05, 0) is 12.1 Å². The molecule has 4 nitrogen and oxygen atoms in total. The number of aromatic nitrogens is 1. The monoisotopic (exact) mass is 224 g/mol. The summed E-state index contributed by atoms with van der Waals surface area (Å²) in [7, 11) is -3.51. The molecule has 0 unspecified atom stereocenters. The molecule has 0 atom stereocenters. The summed E-state index contributed by atoms with van der Waals surface area (Å²) in [6, 6.07) is 3.15. The van der Waals surface area contributed by atoms with Gasteiger partial charge in [-0.2, -0.15) is 12.8 Å². The minimum Gasteiger partial charge on any atom is -0.253 e. The number of rotatable bonds is 0. The Morgan fingerprint density at radius 1 is 1.27 bits per heavy atom. The number of sulfonamides is 1. The van der Waals surface area contributed by atoms with Crippen LogP contribution in [0.3, 0.4) is 0 Å². The van der Waals surface area contributed by atoms with Gasteiger partial charge in [-0.3, -0.25) is 4.98 Å². The van der Waals surface area contributed by atoms with Gasteiger partial charge in [0.2, 0.25) is 0 Å². The van der Waals surface area contributed by atoms with E-state index >= 15 is 0 Å². The van der Waals surface area contributed by atoms with Crippen molar-refractivity contribution in [3.8, 4) is 0 Å². The molecular weight excluding hydrogens is 212 g/mol. The van der Waals surface area contributed by atoms with E-state index in [1.807, 2.05) is 20.8 Å². The average Bonchev–Trinajstić information content (AvgIpc) is 2.39. The summed E-state index contributed by atoms with van der Waals surface area (Å²) in [5.74, 6) is 0. The molecule has 0 aromatic carbocycles. The Morgan fingerprint density at radius 3 is 2.53 bits per heavy atom. The Morgan fingerprint density at radius 2 is 1.93 bits per heavy atom. The Hall–Kier alpha value is -1.23. The van der Waals surface area contributed by atoms with Crippen LogP contribution < -0.4 is 0 Å². The van der Waals surface area contributed by atoms with Gasteiger partial charge in [-0.1, -0.05) is 20.8 Å². The topological polar surface area (TPSA) is 59.4 Å². The summed E-state index contributed by atoms with van der Waals surface area (Å²) < 4.78 is 27.2. The van der Waals surface area contributed by atoms with E-state index in [2.05, 4.69) is 9.38 Å². The lowest BCUT2D eigenvalue weighted by Gasteiger charge is -2.17. The van der Waals surface area contributed by atoms with Crippen LogP contribution >= 0.6 is 0 Å². The molecule has 0 spiro atoms. The van der Waals surface area contributed by atoms with Crippen molar-refractivity contribution in [1.82, 2.24) is 4.98 Å². The molecule has 80 valence electrons. The van der Waals surface area contributed by atoms with E-state index in [4.69, 9.17) is 0 Å². The summed E-state index contributed by atoms with van der Waals surface area (Å²) in [6.45, 7) is 5.77. The predicted molar refractivity (Wildman–Crippen MR) is 57.4 cm³/mol. The van der Waals surface area contributed by atoms with Gasteiger partial charge in [0.05, 0.1) is 5.71 Å². The standard InChI is InChI=1S/C10H12N2O2S/c1-10(2,3)9-8-7(5-4-6-11-8)15(13,14)12-9/h4-6H,1-3H3. The fourth-order valence-electron chi connectivity index (χ4n) is 1.48. The lowest BCUT2D eigenvalue weighted by Crippen LogP contribution is -2.20. The predicted octanol–water partition coefficient (Wildman–Crippen LogP) is 1.62. The molecule has 0 N–H and O–H groups in total. The van der Waals surface area contributed by atoms with Crippen LogP contribution in [-0.2, 0) is 10.0 Å². The number of hydrogen-bond donors (Lipinski definition) is 0. The minimum absolute atomic E-state index is 0.218. The van der Waals surface area contributed by atoms with Gasteiger partial charge < -0.3 is 0 Å². The fourth-order valence-corrected chi connectivity index (χ4v) is 2.82. The van der Waals surface area contributed by atoms with E-state index in [1.165, 1.54) is 0 Å². The molecule has 5 heteroatoms. The second-order valence-corrected chi connectivity index (χ2v) is 6.09. The highest BCUT2D eigenvalue weighted by Gasteiger charge is 2.35. The van der Waals surface area contributed by atoms with Crippen LogP contribution in [0, 0.1) is 5.41 Å². The first kappa shape index (κ1) is 10.3. The molecule has 0 saturated carbocycles. The van der Waals surface area contributed by atoms with Gasteiger partial charge in [0, 0.05) is 11.6 Å². The highest BCUT2D eigenvalue weighted by atomic mass is 32.2. The maximum atomic E-state index is 11.7. The molecule has 0 fully saturated rings. The molecule has 1 aromatic heterocycles. The molecule has 0 saturated heterocycles. The zero-order valence-electron chi connectivity index (χ0n) is 8.85. The number of fused-ring (bicyclic) bond motifs is 1. The molecule has 2 heterocycles. The Balaban J connectivity index is 2.75. The van der Waals surface area contributed by atoms with E-state index < -0.39 is 10.0 Å². The maximum Gasteiger partial charge on any atom is 0.284 e. The van der Waals surface area contributed by atoms with Crippen molar-refractivity contribution in [3.05, 3.63) is 24.0 Å². The molecule has 0 aliphatic carbocycles. The van der Waals surface area contributed by atoms with Gasteiger partial charge in [0.1, 0.15) is 10.6 Å². The van der Waals surface area contributed by atoms with E-state index in [9.17, 15) is 8.42 Å². The molecule has 2 rings (SSSR count). The summed E-state index contributed by atoms with van der Waals surface area (Å²) in [5, 5.41) is 0. The molecule has 1 aliphatic rings. The first-order valence-electron chi connectivity index (χ1n) is 4.63. The molecule has 15 heavy (non-hydrogen) atoms. The Bertz CT molecular complexity index is 539. The van der Waals surface area contributed by atoms with Crippen LogP contribution in [0.1, 0.15) is 26.5 Å². The van der Waals surface area contributed by atoms with Crippen molar-refractivity contribution in [2.45, 2.75) is 25.7 Å². The third-order valence-electron chi connectivity index (χ3n) is 2.19. The Labute approximate surface area is 89.1 Å². The van der Waals surface area contributed by atoms with Crippen LogP contribution in [-0.4, -0.2) is 19.1 Å². The molecule has 0 bridgehead atoms. The number of pyridine rings is 1. The van der Waals surface area contributed by atoms with E-state index in [0.717, 1.165) is 0 Å². The highest BCUT2D eigenvalue weighted by Crippen LogP contribution is 2.32. The van der Waals surface area contributed by atoms with Crippen molar-refractivity contribution in [2.24, 2.45) is 9.81 Å². The van der Waals surface area contributed by atoms with Crippen molar-refractivity contribution >= 4 is 15.7 Å². The third kappa shape index (κ3) is 1.56. The quantitative estimate of drug-likeness (QED) is 0.672. The number of hydrogen-bond acceptors (Lipinski definition) is 3. The molecular formula is C10H12N2O2S. The first-order valence-corrected chi connectivity index (χ1v) is 6.07. The van der Waals surface area contributed by atoms with Crippen molar-refractivity contribution in [1.29, 1.82) is 0 Å². The smallest absolute Gasteiger partial charge is 0.253 e. The molecule has 0 amide bonds. The van der Waals surface area contributed by atoms with Crippen LogP contribution in [0.5, 0.6) is 0 Å². The average molecular weight is 224 g/mol. The van der Waals surface area contributed by atoms with Gasteiger partial charge in [0.15, 0.2) is 0 Å². The van der Waals surface area contributed by atoms with E-state index in [1.54, 1.807) is 18.3 Å².